The SMILES string of the molecule is N#CC1=C(N)C(C#N)(C#N)[C@H](c2ccncc2)[C@H]2CN(C(=O)OCc3ccccc3)CC=C12. The summed E-state index contributed by atoms with van der Waals surface area (Å²) in [5.74, 6) is -1.18. The number of carbonyl (C=O) groups is 1. The normalized spacial score (nSPS) is 21.0. The number of rotatable bonds is 3. The largest absolute Gasteiger partial charge is 0.445 e. The molecule has 2 atom stereocenters. The van der Waals surface area contributed by atoms with E-state index < -0.39 is 23.3 Å². The minimum absolute atomic E-state index is 0.0561. The van der Waals surface area contributed by atoms with Gasteiger partial charge in [0.05, 0.1) is 23.4 Å². The molecule has 0 spiro atoms. The lowest BCUT2D eigenvalue weighted by molar-refractivity contribution is 0.0898. The first-order valence-corrected chi connectivity index (χ1v) is 10.3. The molecule has 0 fully saturated rings. The van der Waals surface area contributed by atoms with Crippen molar-refractivity contribution in [1.82, 2.24) is 9.88 Å². The van der Waals surface area contributed by atoms with Crippen molar-refractivity contribution in [1.29, 1.82) is 15.8 Å². The van der Waals surface area contributed by atoms with E-state index in [9.17, 15) is 20.6 Å². The van der Waals surface area contributed by atoms with Gasteiger partial charge in [-0.25, -0.2) is 4.79 Å². The molecule has 1 aromatic heterocycles. The molecule has 0 saturated heterocycles. The van der Waals surface area contributed by atoms with Crippen molar-refractivity contribution < 1.29 is 9.53 Å². The van der Waals surface area contributed by atoms with Crippen LogP contribution in [-0.2, 0) is 11.3 Å². The second-order valence-corrected chi connectivity index (χ2v) is 7.90. The number of nitrogens with zero attached hydrogens (tertiary/aromatic N) is 5. The van der Waals surface area contributed by atoms with Crippen LogP contribution >= 0.6 is 0 Å². The van der Waals surface area contributed by atoms with Crippen LogP contribution in [0.5, 0.6) is 0 Å². The number of hydrogen-bond acceptors (Lipinski definition) is 7. The number of amides is 1. The average molecular weight is 436 g/mol. The second-order valence-electron chi connectivity index (χ2n) is 7.90. The van der Waals surface area contributed by atoms with E-state index in [2.05, 4.69) is 23.2 Å². The van der Waals surface area contributed by atoms with Crippen molar-refractivity contribution in [3.05, 3.63) is 88.9 Å². The fraction of sp³-hybridized carbons (Fsp3) is 0.240. The topological polar surface area (TPSA) is 140 Å². The minimum Gasteiger partial charge on any atom is -0.445 e. The summed E-state index contributed by atoms with van der Waals surface area (Å²) in [6.07, 6.45) is 4.40. The molecule has 8 nitrogen and oxygen atoms in total. The Labute approximate surface area is 191 Å². The van der Waals surface area contributed by atoms with Gasteiger partial charge in [-0.3, -0.25) is 4.98 Å². The summed E-state index contributed by atoms with van der Waals surface area (Å²) in [5.41, 5.74) is 6.79. The maximum absolute atomic E-state index is 12.8. The number of aromatic nitrogens is 1. The van der Waals surface area contributed by atoms with Gasteiger partial charge in [0.25, 0.3) is 0 Å². The summed E-state index contributed by atoms with van der Waals surface area (Å²) in [6.45, 7) is 0.533. The highest BCUT2D eigenvalue weighted by Gasteiger charge is 2.54. The van der Waals surface area contributed by atoms with E-state index in [0.717, 1.165) is 5.56 Å². The van der Waals surface area contributed by atoms with E-state index in [1.807, 2.05) is 30.3 Å². The van der Waals surface area contributed by atoms with Gasteiger partial charge in [0, 0.05) is 37.3 Å². The Kier molecular flexibility index (Phi) is 5.81. The van der Waals surface area contributed by atoms with Gasteiger partial charge < -0.3 is 15.4 Å². The van der Waals surface area contributed by atoms with Crippen molar-refractivity contribution in [2.45, 2.75) is 12.5 Å². The lowest BCUT2D eigenvalue weighted by Crippen LogP contribution is -2.49. The van der Waals surface area contributed by atoms with Crippen LogP contribution < -0.4 is 5.73 Å². The number of hydrogen-bond donors (Lipinski definition) is 1. The molecule has 0 unspecified atom stereocenters. The molecule has 162 valence electrons. The van der Waals surface area contributed by atoms with E-state index in [1.165, 1.54) is 4.90 Å². The van der Waals surface area contributed by atoms with Crippen LogP contribution in [0.3, 0.4) is 0 Å². The van der Waals surface area contributed by atoms with Crippen LogP contribution in [0.1, 0.15) is 17.0 Å². The van der Waals surface area contributed by atoms with Crippen LogP contribution in [0.25, 0.3) is 0 Å². The zero-order valence-corrected chi connectivity index (χ0v) is 17.7. The van der Waals surface area contributed by atoms with E-state index in [-0.39, 0.29) is 31.0 Å². The summed E-state index contributed by atoms with van der Waals surface area (Å²) < 4.78 is 5.48. The molecule has 2 aromatic rings. The van der Waals surface area contributed by atoms with Gasteiger partial charge in [-0.15, -0.1) is 0 Å². The van der Waals surface area contributed by atoms with Gasteiger partial charge in [0.15, 0.2) is 5.41 Å². The van der Waals surface area contributed by atoms with E-state index in [1.54, 1.807) is 30.6 Å². The predicted octanol–water partition coefficient (Wildman–Crippen LogP) is 3.14. The fourth-order valence-electron chi connectivity index (χ4n) is 4.59. The number of pyridine rings is 1. The van der Waals surface area contributed by atoms with Crippen LogP contribution in [0.4, 0.5) is 4.79 Å². The third kappa shape index (κ3) is 3.67. The third-order valence-corrected chi connectivity index (χ3v) is 6.19. The minimum atomic E-state index is -1.76. The number of carbonyl (C=O) groups excluding carboxylic acids is 1. The van der Waals surface area contributed by atoms with Crippen LogP contribution in [-0.4, -0.2) is 29.1 Å². The van der Waals surface area contributed by atoms with E-state index in [0.29, 0.717) is 11.1 Å². The van der Waals surface area contributed by atoms with Crippen molar-refractivity contribution in [3.8, 4) is 18.2 Å². The Balaban J connectivity index is 1.71. The monoisotopic (exact) mass is 436 g/mol. The van der Waals surface area contributed by atoms with Crippen LogP contribution in [0.2, 0.25) is 0 Å². The summed E-state index contributed by atoms with van der Waals surface area (Å²) in [6, 6.07) is 19.0. The van der Waals surface area contributed by atoms with Gasteiger partial charge in [0.1, 0.15) is 12.7 Å². The molecule has 0 radical (unpaired) electrons. The molecule has 0 saturated carbocycles. The molecule has 1 amide bonds. The zero-order chi connectivity index (χ0) is 23.4. The van der Waals surface area contributed by atoms with Gasteiger partial charge >= 0.3 is 6.09 Å². The van der Waals surface area contributed by atoms with Crippen LogP contribution in [0, 0.1) is 45.3 Å². The first-order valence-electron chi connectivity index (χ1n) is 10.3. The molecule has 1 aliphatic carbocycles. The molecular formula is C25H20N6O2. The number of ether oxygens (including phenoxy) is 1. The van der Waals surface area contributed by atoms with Crippen molar-refractivity contribution in [3.63, 3.8) is 0 Å². The number of benzene rings is 1. The molecule has 2 heterocycles. The average Bonchev–Trinajstić information content (AvgIpc) is 2.87. The van der Waals surface area contributed by atoms with E-state index in [4.69, 9.17) is 10.5 Å². The highest BCUT2D eigenvalue weighted by molar-refractivity contribution is 5.69. The molecule has 2 N–H and O–H groups in total. The Morgan fingerprint density at radius 3 is 2.48 bits per heavy atom. The predicted molar refractivity (Wildman–Crippen MR) is 117 cm³/mol. The lowest BCUT2D eigenvalue weighted by atomic mass is 9.58. The summed E-state index contributed by atoms with van der Waals surface area (Å²) in [5, 5.41) is 30.0. The Hall–Kier alpha value is -4.61. The van der Waals surface area contributed by atoms with Gasteiger partial charge in [-0.2, -0.15) is 15.8 Å². The first kappa shape index (κ1) is 21.6. The van der Waals surface area contributed by atoms with E-state index >= 15 is 0 Å². The Morgan fingerprint density at radius 2 is 1.85 bits per heavy atom. The maximum atomic E-state index is 12.8. The number of nitriles is 3. The van der Waals surface area contributed by atoms with Crippen molar-refractivity contribution in [2.75, 3.05) is 13.1 Å². The summed E-state index contributed by atoms with van der Waals surface area (Å²) in [7, 11) is 0. The molecule has 4 rings (SSSR count). The number of nitrogens with two attached hydrogens (primary N) is 1. The summed E-state index contributed by atoms with van der Waals surface area (Å²) >= 11 is 0. The quantitative estimate of drug-likeness (QED) is 0.779. The molecule has 2 aliphatic rings. The van der Waals surface area contributed by atoms with Crippen LogP contribution in [0.15, 0.2) is 77.8 Å². The Bertz CT molecular complexity index is 1230. The maximum Gasteiger partial charge on any atom is 0.410 e. The molecule has 0 bridgehead atoms. The molecule has 33 heavy (non-hydrogen) atoms. The molecule has 8 heteroatoms. The van der Waals surface area contributed by atoms with Gasteiger partial charge in [-0.1, -0.05) is 36.4 Å². The lowest BCUT2D eigenvalue weighted by Gasteiger charge is -2.45. The second kappa shape index (κ2) is 8.86. The number of allylic oxidation sites excluding steroid dienone is 2. The standard InChI is InChI=1S/C25H20N6O2/c26-12-20-19-8-11-31(24(32)33-14-17-4-2-1-3-5-17)13-21(19)22(18-6-9-30-10-7-18)25(15-27,16-28)23(20)29/h1-10,21-22H,11,13-14,29H2/t21-,22+/m0/s1. The smallest absolute Gasteiger partial charge is 0.410 e. The highest BCUT2D eigenvalue weighted by Crippen LogP contribution is 2.54. The first-order chi connectivity index (χ1) is 16.1. The van der Waals surface area contributed by atoms with Gasteiger partial charge in [-0.05, 0) is 28.8 Å². The zero-order valence-electron chi connectivity index (χ0n) is 17.7. The molecular weight excluding hydrogens is 416 g/mol. The summed E-state index contributed by atoms with van der Waals surface area (Å²) in [4.78, 5) is 18.4. The Morgan fingerprint density at radius 1 is 1.15 bits per heavy atom. The fourth-order valence-corrected chi connectivity index (χ4v) is 4.59. The molecule has 1 aromatic carbocycles. The third-order valence-electron chi connectivity index (χ3n) is 6.19. The highest BCUT2D eigenvalue weighted by atomic mass is 16.6. The van der Waals surface area contributed by atoms with Gasteiger partial charge in [0.2, 0.25) is 0 Å². The van der Waals surface area contributed by atoms with Crippen molar-refractivity contribution in [2.24, 2.45) is 17.1 Å². The number of fused-ring (bicyclic) bond motifs is 1. The van der Waals surface area contributed by atoms with Crippen molar-refractivity contribution >= 4 is 6.09 Å². The molecule has 1 aliphatic heterocycles.